The van der Waals surface area contributed by atoms with E-state index < -0.39 is 0 Å². The van der Waals surface area contributed by atoms with E-state index in [1.807, 2.05) is 18.4 Å². The fourth-order valence-corrected chi connectivity index (χ4v) is 2.40. The lowest BCUT2D eigenvalue weighted by Gasteiger charge is -2.10. The molecule has 0 bridgehead atoms. The van der Waals surface area contributed by atoms with Gasteiger partial charge in [0.1, 0.15) is 5.52 Å². The predicted molar refractivity (Wildman–Crippen MR) is 77.6 cm³/mol. The molecule has 0 aliphatic carbocycles. The van der Waals surface area contributed by atoms with Gasteiger partial charge in [-0.05, 0) is 12.8 Å². The second-order valence-electron chi connectivity index (χ2n) is 4.76. The highest BCUT2D eigenvalue weighted by Gasteiger charge is 2.17. The Hall–Kier alpha value is -1.89. The third kappa shape index (κ3) is 2.40. The van der Waals surface area contributed by atoms with Crippen molar-refractivity contribution < 1.29 is 5.11 Å². The zero-order valence-corrected chi connectivity index (χ0v) is 12.0. The second-order valence-corrected chi connectivity index (χ2v) is 4.76. The largest absolute Gasteiger partial charge is 0.396 e. The maximum absolute atomic E-state index is 12.1. The predicted octanol–water partition coefficient (Wildman–Crippen LogP) is 0.530. The van der Waals surface area contributed by atoms with E-state index in [1.165, 1.54) is 0 Å². The summed E-state index contributed by atoms with van der Waals surface area (Å²) in [5, 5.41) is 9.16. The van der Waals surface area contributed by atoms with Gasteiger partial charge in [0.05, 0.1) is 5.69 Å². The molecule has 2 aromatic rings. The molecule has 0 aromatic carbocycles. The van der Waals surface area contributed by atoms with Crippen LogP contribution in [-0.2, 0) is 19.5 Å². The van der Waals surface area contributed by atoms with Gasteiger partial charge in [-0.2, -0.15) is 9.97 Å². The van der Waals surface area contributed by atoms with Gasteiger partial charge in [-0.15, -0.1) is 0 Å². The van der Waals surface area contributed by atoms with Gasteiger partial charge in [-0.1, -0.05) is 13.8 Å². The Morgan fingerprint density at radius 2 is 1.80 bits per heavy atom. The normalized spacial score (nSPS) is 11.3. The molecule has 2 aromatic heterocycles. The van der Waals surface area contributed by atoms with E-state index in [0.29, 0.717) is 36.8 Å². The van der Waals surface area contributed by atoms with Gasteiger partial charge in [0.2, 0.25) is 5.95 Å². The Balaban J connectivity index is 2.78. The van der Waals surface area contributed by atoms with Gasteiger partial charge in [0.25, 0.3) is 0 Å². The van der Waals surface area contributed by atoms with E-state index in [0.717, 1.165) is 18.4 Å². The van der Waals surface area contributed by atoms with Crippen LogP contribution in [0.25, 0.3) is 11.2 Å². The molecular formula is C13H21N5O2. The number of hydrogen-bond donors (Lipinski definition) is 2. The van der Waals surface area contributed by atoms with Crippen LogP contribution in [0.1, 0.15) is 32.4 Å². The molecule has 0 fully saturated rings. The first-order valence-electron chi connectivity index (χ1n) is 7.00. The van der Waals surface area contributed by atoms with Crippen LogP contribution in [0.2, 0.25) is 0 Å². The summed E-state index contributed by atoms with van der Waals surface area (Å²) >= 11 is 0. The number of aryl methyl sites for hydroxylation is 2. The Kier molecular flexibility index (Phi) is 4.39. The van der Waals surface area contributed by atoms with Crippen molar-refractivity contribution in [3.63, 3.8) is 0 Å². The summed E-state index contributed by atoms with van der Waals surface area (Å²) < 4.78 is 3.43. The number of anilines is 1. The standard InChI is InChI=1S/C13H21N5O2/c1-3-6-17-10-9(5-8-19)15-13(20)18(7-4-2)11(10)16-12(17)14/h19H,3-8H2,1-2H3,(H2,14,16). The molecule has 0 saturated carbocycles. The quantitative estimate of drug-likeness (QED) is 0.803. The average Bonchev–Trinajstić information content (AvgIpc) is 2.73. The van der Waals surface area contributed by atoms with Crippen LogP contribution in [0, 0.1) is 0 Å². The van der Waals surface area contributed by atoms with Crippen LogP contribution < -0.4 is 11.4 Å². The zero-order valence-electron chi connectivity index (χ0n) is 12.0. The lowest BCUT2D eigenvalue weighted by atomic mass is 10.2. The van der Waals surface area contributed by atoms with Crippen molar-refractivity contribution in [2.45, 2.75) is 46.2 Å². The number of imidazole rings is 1. The number of nitrogen functional groups attached to an aromatic ring is 1. The Morgan fingerprint density at radius 3 is 2.40 bits per heavy atom. The van der Waals surface area contributed by atoms with Gasteiger partial charge >= 0.3 is 5.69 Å². The van der Waals surface area contributed by atoms with E-state index >= 15 is 0 Å². The second kappa shape index (κ2) is 6.04. The molecule has 0 amide bonds. The molecule has 2 heterocycles. The average molecular weight is 279 g/mol. The van der Waals surface area contributed by atoms with Crippen molar-refractivity contribution in [2.75, 3.05) is 12.3 Å². The van der Waals surface area contributed by atoms with Gasteiger partial charge < -0.3 is 15.4 Å². The first-order chi connectivity index (χ1) is 9.63. The van der Waals surface area contributed by atoms with E-state index in [2.05, 4.69) is 9.97 Å². The first-order valence-corrected chi connectivity index (χ1v) is 7.00. The molecule has 2 rings (SSSR count). The number of aliphatic hydroxyl groups is 1. The van der Waals surface area contributed by atoms with Gasteiger partial charge in [0.15, 0.2) is 5.65 Å². The number of aliphatic hydroxyl groups excluding tert-OH is 1. The van der Waals surface area contributed by atoms with Crippen LogP contribution in [-0.4, -0.2) is 30.8 Å². The molecule has 0 saturated heterocycles. The third-order valence-electron chi connectivity index (χ3n) is 3.21. The summed E-state index contributed by atoms with van der Waals surface area (Å²) in [5.41, 5.74) is 7.54. The molecule has 0 atom stereocenters. The van der Waals surface area contributed by atoms with Crippen molar-refractivity contribution in [3.05, 3.63) is 16.2 Å². The van der Waals surface area contributed by atoms with Crippen molar-refractivity contribution in [1.82, 2.24) is 19.1 Å². The topological polar surface area (TPSA) is 99.0 Å². The minimum absolute atomic E-state index is 0.0590. The molecule has 7 nitrogen and oxygen atoms in total. The van der Waals surface area contributed by atoms with Crippen LogP contribution in [0.4, 0.5) is 5.95 Å². The number of nitrogens with zero attached hydrogens (tertiary/aromatic N) is 4. The van der Waals surface area contributed by atoms with Crippen molar-refractivity contribution in [3.8, 4) is 0 Å². The molecule has 0 unspecified atom stereocenters. The molecule has 0 aliphatic heterocycles. The van der Waals surface area contributed by atoms with Gasteiger partial charge in [0, 0.05) is 26.1 Å². The number of hydrogen-bond acceptors (Lipinski definition) is 5. The van der Waals surface area contributed by atoms with E-state index in [9.17, 15) is 4.79 Å². The van der Waals surface area contributed by atoms with Gasteiger partial charge in [-0.25, -0.2) is 4.79 Å². The van der Waals surface area contributed by atoms with E-state index in [1.54, 1.807) is 4.57 Å². The monoisotopic (exact) mass is 279 g/mol. The number of aromatic nitrogens is 4. The van der Waals surface area contributed by atoms with Crippen LogP contribution in [0.3, 0.4) is 0 Å². The summed E-state index contributed by atoms with van der Waals surface area (Å²) in [6.07, 6.45) is 2.05. The summed E-state index contributed by atoms with van der Waals surface area (Å²) in [6, 6.07) is 0. The zero-order chi connectivity index (χ0) is 14.7. The molecule has 110 valence electrons. The maximum atomic E-state index is 12.1. The highest BCUT2D eigenvalue weighted by Crippen LogP contribution is 2.20. The summed E-state index contributed by atoms with van der Waals surface area (Å²) in [4.78, 5) is 20.5. The van der Waals surface area contributed by atoms with Crippen molar-refractivity contribution in [1.29, 1.82) is 0 Å². The van der Waals surface area contributed by atoms with Crippen molar-refractivity contribution in [2.24, 2.45) is 0 Å². The fraction of sp³-hybridized carbons (Fsp3) is 0.615. The summed E-state index contributed by atoms with van der Waals surface area (Å²) in [5.74, 6) is 0.387. The van der Waals surface area contributed by atoms with E-state index in [-0.39, 0.29) is 12.3 Å². The van der Waals surface area contributed by atoms with Crippen LogP contribution >= 0.6 is 0 Å². The summed E-state index contributed by atoms with van der Waals surface area (Å²) in [7, 11) is 0. The van der Waals surface area contributed by atoms with Crippen LogP contribution in [0.15, 0.2) is 4.79 Å². The molecule has 20 heavy (non-hydrogen) atoms. The minimum Gasteiger partial charge on any atom is -0.396 e. The lowest BCUT2D eigenvalue weighted by molar-refractivity contribution is 0.298. The fourth-order valence-electron chi connectivity index (χ4n) is 2.40. The molecule has 0 radical (unpaired) electrons. The molecule has 3 N–H and O–H groups in total. The maximum Gasteiger partial charge on any atom is 0.349 e. The molecule has 7 heteroatoms. The molecular weight excluding hydrogens is 258 g/mol. The Bertz CT molecular complexity index is 659. The van der Waals surface area contributed by atoms with Crippen molar-refractivity contribution >= 4 is 17.1 Å². The Morgan fingerprint density at radius 1 is 1.15 bits per heavy atom. The number of fused-ring (bicyclic) bond motifs is 1. The Labute approximate surface area is 117 Å². The third-order valence-corrected chi connectivity index (χ3v) is 3.21. The van der Waals surface area contributed by atoms with E-state index in [4.69, 9.17) is 10.8 Å². The first kappa shape index (κ1) is 14.5. The van der Waals surface area contributed by atoms with Crippen LogP contribution in [0.5, 0.6) is 0 Å². The minimum atomic E-state index is -0.330. The van der Waals surface area contributed by atoms with Gasteiger partial charge in [-0.3, -0.25) is 4.57 Å². The molecule has 0 aliphatic rings. The molecule has 0 spiro atoms. The lowest BCUT2D eigenvalue weighted by Crippen LogP contribution is -2.25. The highest BCUT2D eigenvalue weighted by molar-refractivity contribution is 5.77. The smallest absolute Gasteiger partial charge is 0.349 e. The SMILES string of the molecule is CCCn1c(N)nc2c1c(CCO)nc(=O)n2CCC. The summed E-state index contributed by atoms with van der Waals surface area (Å²) in [6.45, 7) is 5.26. The number of rotatable bonds is 6. The highest BCUT2D eigenvalue weighted by atomic mass is 16.3. The number of nitrogens with two attached hydrogens (primary N) is 1.